The summed E-state index contributed by atoms with van der Waals surface area (Å²) in [5.74, 6) is 0.743. The van der Waals surface area contributed by atoms with Crippen molar-refractivity contribution in [2.24, 2.45) is 10.7 Å². The van der Waals surface area contributed by atoms with Crippen LogP contribution < -0.4 is 5.73 Å². The highest BCUT2D eigenvalue weighted by Crippen LogP contribution is 2.20. The largest absolute Gasteiger partial charge is 0.369 e. The van der Waals surface area contributed by atoms with Gasteiger partial charge in [0, 0.05) is 13.1 Å². The van der Waals surface area contributed by atoms with Gasteiger partial charge in [0.05, 0.1) is 0 Å². The van der Waals surface area contributed by atoms with E-state index in [1.54, 1.807) is 0 Å². The summed E-state index contributed by atoms with van der Waals surface area (Å²) in [6.45, 7) is 0. The molecule has 0 aromatic carbocycles. The van der Waals surface area contributed by atoms with E-state index in [0.29, 0.717) is 12.0 Å². The van der Waals surface area contributed by atoms with Gasteiger partial charge < -0.3 is 10.6 Å². The second-order valence-electron chi connectivity index (χ2n) is 4.79. The maximum atomic E-state index is 5.98. The summed E-state index contributed by atoms with van der Waals surface area (Å²) >= 11 is 0. The first-order chi connectivity index (χ1) is 8.77. The zero-order valence-electron chi connectivity index (χ0n) is 10.8. The zero-order valence-corrected chi connectivity index (χ0v) is 10.8. The Hall–Kier alpha value is -1.66. The minimum Gasteiger partial charge on any atom is -0.369 e. The number of tetrazole rings is 1. The molecule has 7 heteroatoms. The average molecular weight is 251 g/mol. The molecule has 0 radical (unpaired) electrons. The Bertz CT molecular complexity index is 365. The lowest BCUT2D eigenvalue weighted by Gasteiger charge is -2.30. The first kappa shape index (κ1) is 12.8. The summed E-state index contributed by atoms with van der Waals surface area (Å²) in [6, 6.07) is 0.473. The fraction of sp³-hybridized carbons (Fsp3) is 0.818. The van der Waals surface area contributed by atoms with E-state index >= 15 is 0 Å². The van der Waals surface area contributed by atoms with Gasteiger partial charge in [-0.15, -0.1) is 5.10 Å². The molecular formula is C11H21N7. The average Bonchev–Trinajstić information content (AvgIpc) is 2.80. The predicted molar refractivity (Wildman–Crippen MR) is 69.3 cm³/mol. The van der Waals surface area contributed by atoms with Gasteiger partial charge in [-0.05, 0) is 18.1 Å². The van der Waals surface area contributed by atoms with Crippen LogP contribution in [0.3, 0.4) is 0 Å². The van der Waals surface area contributed by atoms with E-state index in [4.69, 9.17) is 5.73 Å². The van der Waals surface area contributed by atoms with Crippen molar-refractivity contribution in [3.63, 3.8) is 0 Å². The van der Waals surface area contributed by atoms with Gasteiger partial charge in [0.25, 0.3) is 5.95 Å². The van der Waals surface area contributed by atoms with Crippen molar-refractivity contribution in [2.45, 2.75) is 51.0 Å². The van der Waals surface area contributed by atoms with Crippen LogP contribution >= 0.6 is 0 Å². The molecule has 1 aromatic rings. The summed E-state index contributed by atoms with van der Waals surface area (Å²) < 4.78 is 0. The molecule has 3 N–H and O–H groups in total. The molecule has 0 saturated heterocycles. The van der Waals surface area contributed by atoms with Crippen LogP contribution in [0.15, 0.2) is 4.99 Å². The lowest BCUT2D eigenvalue weighted by atomic mass is 9.96. The minimum absolute atomic E-state index is 0.283. The maximum absolute atomic E-state index is 5.98. The lowest BCUT2D eigenvalue weighted by molar-refractivity contribution is 0.292. The van der Waals surface area contributed by atoms with Crippen LogP contribution in [0, 0.1) is 0 Å². The van der Waals surface area contributed by atoms with Crippen LogP contribution in [-0.4, -0.2) is 44.6 Å². The second-order valence-corrected chi connectivity index (χ2v) is 4.79. The van der Waals surface area contributed by atoms with Crippen molar-refractivity contribution >= 4 is 11.9 Å². The highest BCUT2D eigenvalue weighted by atomic mass is 15.5. The van der Waals surface area contributed by atoms with E-state index in [0.717, 1.165) is 0 Å². The van der Waals surface area contributed by atoms with E-state index in [1.165, 1.54) is 44.9 Å². The molecule has 0 bridgehead atoms. The molecule has 1 heterocycles. The van der Waals surface area contributed by atoms with E-state index in [1.807, 2.05) is 11.9 Å². The molecule has 1 fully saturated rings. The topological polar surface area (TPSA) is 96.1 Å². The molecule has 100 valence electrons. The Morgan fingerprint density at radius 3 is 2.56 bits per heavy atom. The van der Waals surface area contributed by atoms with Gasteiger partial charge in [-0.25, -0.2) is 0 Å². The number of aliphatic imine (C=N–C) groups is 1. The van der Waals surface area contributed by atoms with Crippen molar-refractivity contribution in [3.05, 3.63) is 0 Å². The molecule has 1 aromatic heterocycles. The molecular weight excluding hydrogens is 230 g/mol. The quantitative estimate of drug-likeness (QED) is 0.608. The van der Waals surface area contributed by atoms with E-state index < -0.39 is 0 Å². The monoisotopic (exact) mass is 251 g/mol. The molecule has 2 rings (SSSR count). The lowest BCUT2D eigenvalue weighted by Crippen LogP contribution is -2.42. The van der Waals surface area contributed by atoms with Gasteiger partial charge in [-0.1, -0.05) is 37.2 Å². The van der Waals surface area contributed by atoms with Crippen molar-refractivity contribution < 1.29 is 0 Å². The number of nitrogens with two attached hydrogens (primary N) is 1. The van der Waals surface area contributed by atoms with Crippen LogP contribution in [-0.2, 0) is 0 Å². The number of rotatable bonds is 2. The fourth-order valence-electron chi connectivity index (χ4n) is 2.39. The van der Waals surface area contributed by atoms with Crippen molar-refractivity contribution in [2.75, 3.05) is 7.05 Å². The molecule has 1 aliphatic carbocycles. The molecule has 0 atom stereocenters. The van der Waals surface area contributed by atoms with Gasteiger partial charge in [0.1, 0.15) is 0 Å². The Morgan fingerprint density at radius 2 is 1.94 bits per heavy atom. The SMILES string of the molecule is CN(/C(N)=N/c1nn[nH]n1)C1CCCCCCC1. The molecule has 0 unspecified atom stereocenters. The Labute approximate surface area is 107 Å². The molecule has 1 aliphatic rings. The predicted octanol–water partition coefficient (Wildman–Crippen LogP) is 1.19. The summed E-state index contributed by atoms with van der Waals surface area (Å²) in [5.41, 5.74) is 5.98. The van der Waals surface area contributed by atoms with Crippen molar-refractivity contribution in [1.82, 2.24) is 25.5 Å². The Morgan fingerprint density at radius 1 is 1.28 bits per heavy atom. The Kier molecular flexibility index (Phi) is 4.49. The first-order valence-electron chi connectivity index (χ1n) is 6.58. The molecule has 0 amide bonds. The van der Waals surface area contributed by atoms with Gasteiger partial charge >= 0.3 is 0 Å². The summed E-state index contributed by atoms with van der Waals surface area (Å²) in [5, 5.41) is 13.4. The number of aromatic amines is 1. The molecule has 0 aliphatic heterocycles. The van der Waals surface area contributed by atoms with Gasteiger partial charge in [0.2, 0.25) is 0 Å². The van der Waals surface area contributed by atoms with Gasteiger partial charge in [-0.3, -0.25) is 0 Å². The number of H-pyrrole nitrogens is 1. The molecule has 1 saturated carbocycles. The van der Waals surface area contributed by atoms with E-state index in [9.17, 15) is 0 Å². The summed E-state index contributed by atoms with van der Waals surface area (Å²) in [4.78, 5) is 6.20. The number of aromatic nitrogens is 4. The third kappa shape index (κ3) is 3.41. The molecule has 0 spiro atoms. The van der Waals surface area contributed by atoms with Crippen molar-refractivity contribution in [3.8, 4) is 0 Å². The standard InChI is InChI=1S/C11H21N7/c1-18(9-7-5-3-2-4-6-8-9)10(12)13-11-14-16-17-15-11/h9H,2-8H2,1H3,(H3,12,13,14,15,16,17). The molecule has 18 heavy (non-hydrogen) atoms. The highest BCUT2D eigenvalue weighted by Gasteiger charge is 2.18. The number of hydrogen-bond acceptors (Lipinski definition) is 4. The van der Waals surface area contributed by atoms with E-state index in [-0.39, 0.29) is 5.95 Å². The third-order valence-corrected chi connectivity index (χ3v) is 3.53. The maximum Gasteiger partial charge on any atom is 0.292 e. The second kappa shape index (κ2) is 6.32. The van der Waals surface area contributed by atoms with Gasteiger partial charge in [-0.2, -0.15) is 10.2 Å². The number of nitrogens with zero attached hydrogens (tertiary/aromatic N) is 5. The number of nitrogens with one attached hydrogen (secondary N) is 1. The van der Waals surface area contributed by atoms with Crippen LogP contribution in [0.5, 0.6) is 0 Å². The van der Waals surface area contributed by atoms with Crippen molar-refractivity contribution in [1.29, 1.82) is 0 Å². The molecule has 7 nitrogen and oxygen atoms in total. The Balaban J connectivity index is 1.97. The van der Waals surface area contributed by atoms with Crippen LogP contribution in [0.25, 0.3) is 0 Å². The first-order valence-corrected chi connectivity index (χ1v) is 6.58. The summed E-state index contributed by atoms with van der Waals surface area (Å²) in [6.07, 6.45) is 8.91. The van der Waals surface area contributed by atoms with Crippen LogP contribution in [0.4, 0.5) is 5.95 Å². The smallest absolute Gasteiger partial charge is 0.292 e. The highest BCUT2D eigenvalue weighted by molar-refractivity contribution is 5.80. The number of hydrogen-bond donors (Lipinski definition) is 2. The number of guanidine groups is 1. The van der Waals surface area contributed by atoms with Crippen LogP contribution in [0.2, 0.25) is 0 Å². The normalized spacial score (nSPS) is 19.3. The third-order valence-electron chi connectivity index (χ3n) is 3.53. The van der Waals surface area contributed by atoms with Gasteiger partial charge in [0.15, 0.2) is 5.96 Å². The summed E-state index contributed by atoms with van der Waals surface area (Å²) in [7, 11) is 1.99. The fourth-order valence-corrected chi connectivity index (χ4v) is 2.39. The zero-order chi connectivity index (χ0) is 12.8. The minimum atomic E-state index is 0.283. The van der Waals surface area contributed by atoms with E-state index in [2.05, 4.69) is 25.6 Å². The van der Waals surface area contributed by atoms with Crippen LogP contribution in [0.1, 0.15) is 44.9 Å².